The van der Waals surface area contributed by atoms with Crippen molar-refractivity contribution in [2.45, 2.75) is 38.6 Å². The van der Waals surface area contributed by atoms with E-state index in [4.69, 9.17) is 0 Å². The van der Waals surface area contributed by atoms with Gasteiger partial charge in [-0.2, -0.15) is 0 Å². The first-order valence-electron chi connectivity index (χ1n) is 6.22. The Balaban J connectivity index is 1.67. The normalized spacial score (nSPS) is 27.9. The summed E-state index contributed by atoms with van der Waals surface area (Å²) in [7, 11) is 2.24. The van der Waals surface area contributed by atoms with Crippen molar-refractivity contribution in [1.29, 1.82) is 0 Å². The molecule has 0 N–H and O–H groups in total. The second kappa shape index (κ2) is 4.63. The molecule has 14 heavy (non-hydrogen) atoms. The summed E-state index contributed by atoms with van der Waals surface area (Å²) in [5, 5.41) is 0. The average molecular weight is 196 g/mol. The lowest BCUT2D eigenvalue weighted by atomic mass is 9.90. The first-order valence-corrected chi connectivity index (χ1v) is 6.22. The van der Waals surface area contributed by atoms with Crippen LogP contribution >= 0.6 is 0 Å². The number of piperidine rings is 1. The van der Waals surface area contributed by atoms with E-state index < -0.39 is 0 Å². The molecule has 2 aliphatic heterocycles. The van der Waals surface area contributed by atoms with Gasteiger partial charge in [-0.05, 0) is 45.3 Å². The molecule has 0 atom stereocenters. The highest BCUT2D eigenvalue weighted by Crippen LogP contribution is 2.27. The third-order valence-electron chi connectivity index (χ3n) is 3.89. The fourth-order valence-electron chi connectivity index (χ4n) is 2.86. The molecule has 2 heterocycles. The Morgan fingerprint density at radius 2 is 1.79 bits per heavy atom. The van der Waals surface area contributed by atoms with E-state index >= 15 is 0 Å². The second-order valence-corrected chi connectivity index (χ2v) is 5.14. The molecule has 0 unspecified atom stereocenters. The Hall–Kier alpha value is -0.0800. The summed E-state index contributed by atoms with van der Waals surface area (Å²) in [4.78, 5) is 5.17. The van der Waals surface area contributed by atoms with E-state index in [0.717, 1.165) is 12.0 Å². The van der Waals surface area contributed by atoms with Gasteiger partial charge in [-0.15, -0.1) is 0 Å². The lowest BCUT2D eigenvalue weighted by Crippen LogP contribution is -2.54. The van der Waals surface area contributed by atoms with Crippen LogP contribution in [0.25, 0.3) is 0 Å². The summed E-state index contributed by atoms with van der Waals surface area (Å²) in [5.41, 5.74) is 0. The zero-order valence-corrected chi connectivity index (χ0v) is 9.71. The van der Waals surface area contributed by atoms with Crippen LogP contribution in [0, 0.1) is 5.92 Å². The van der Waals surface area contributed by atoms with Gasteiger partial charge in [0, 0.05) is 19.1 Å². The smallest absolute Gasteiger partial charge is 0.0120 e. The molecule has 2 aliphatic rings. The first kappa shape index (κ1) is 10.4. The van der Waals surface area contributed by atoms with Crippen LogP contribution in [0.15, 0.2) is 0 Å². The summed E-state index contributed by atoms with van der Waals surface area (Å²) in [5.74, 6) is 1.03. The predicted molar refractivity (Wildman–Crippen MR) is 60.5 cm³/mol. The van der Waals surface area contributed by atoms with Gasteiger partial charge in [0.1, 0.15) is 0 Å². The Kier molecular flexibility index (Phi) is 3.45. The topological polar surface area (TPSA) is 6.48 Å². The van der Waals surface area contributed by atoms with Crippen LogP contribution in [0.1, 0.15) is 32.6 Å². The van der Waals surface area contributed by atoms with Crippen LogP contribution in [-0.4, -0.2) is 49.1 Å². The molecule has 2 saturated heterocycles. The van der Waals surface area contributed by atoms with E-state index in [1.807, 2.05) is 0 Å². The van der Waals surface area contributed by atoms with Crippen LogP contribution in [0.2, 0.25) is 0 Å². The molecular weight excluding hydrogens is 172 g/mol. The maximum absolute atomic E-state index is 2.72. The van der Waals surface area contributed by atoms with Crippen molar-refractivity contribution in [2.75, 3.05) is 33.2 Å². The minimum absolute atomic E-state index is 0.916. The van der Waals surface area contributed by atoms with Crippen molar-refractivity contribution in [3.63, 3.8) is 0 Å². The monoisotopic (exact) mass is 196 g/mol. The Bertz CT molecular complexity index is 167. The predicted octanol–water partition coefficient (Wildman–Crippen LogP) is 1.81. The van der Waals surface area contributed by atoms with Crippen LogP contribution < -0.4 is 0 Å². The van der Waals surface area contributed by atoms with E-state index in [2.05, 4.69) is 23.8 Å². The SMILES string of the molecule is CCCC1CN(C2CCN(C)CC2)C1. The molecule has 0 aromatic heterocycles. The van der Waals surface area contributed by atoms with Gasteiger partial charge in [0.2, 0.25) is 0 Å². The lowest BCUT2D eigenvalue weighted by Gasteiger charge is -2.47. The number of nitrogens with zero attached hydrogens (tertiary/aromatic N) is 2. The van der Waals surface area contributed by atoms with Gasteiger partial charge in [0.05, 0.1) is 0 Å². The number of hydrogen-bond donors (Lipinski definition) is 0. The van der Waals surface area contributed by atoms with Crippen molar-refractivity contribution in [3.05, 3.63) is 0 Å². The van der Waals surface area contributed by atoms with Crippen molar-refractivity contribution < 1.29 is 0 Å². The molecule has 0 saturated carbocycles. The van der Waals surface area contributed by atoms with Gasteiger partial charge in [-0.25, -0.2) is 0 Å². The lowest BCUT2D eigenvalue weighted by molar-refractivity contribution is 0.0198. The van der Waals surface area contributed by atoms with Crippen molar-refractivity contribution >= 4 is 0 Å². The molecule has 0 aromatic rings. The zero-order valence-electron chi connectivity index (χ0n) is 9.71. The Morgan fingerprint density at radius 1 is 1.14 bits per heavy atom. The van der Waals surface area contributed by atoms with Crippen LogP contribution in [-0.2, 0) is 0 Å². The minimum Gasteiger partial charge on any atom is -0.306 e. The number of rotatable bonds is 3. The first-order chi connectivity index (χ1) is 6.79. The molecule has 2 nitrogen and oxygen atoms in total. The molecule has 0 aliphatic carbocycles. The molecule has 2 fully saturated rings. The van der Waals surface area contributed by atoms with Gasteiger partial charge < -0.3 is 4.90 Å². The molecule has 0 bridgehead atoms. The molecule has 0 aromatic carbocycles. The maximum Gasteiger partial charge on any atom is 0.0120 e. The van der Waals surface area contributed by atoms with Crippen LogP contribution in [0.5, 0.6) is 0 Å². The van der Waals surface area contributed by atoms with Crippen LogP contribution in [0.3, 0.4) is 0 Å². The second-order valence-electron chi connectivity index (χ2n) is 5.14. The minimum atomic E-state index is 0.916. The summed E-state index contributed by atoms with van der Waals surface area (Å²) in [6, 6.07) is 0.916. The molecule has 0 amide bonds. The van der Waals surface area contributed by atoms with Gasteiger partial charge in [-0.1, -0.05) is 13.3 Å². The fourth-order valence-corrected chi connectivity index (χ4v) is 2.86. The van der Waals surface area contributed by atoms with E-state index in [1.54, 1.807) is 0 Å². The standard InChI is InChI=1S/C12H24N2/c1-3-4-11-9-14(10-11)12-5-7-13(2)8-6-12/h11-12H,3-10H2,1-2H3. The third-order valence-corrected chi connectivity index (χ3v) is 3.89. The van der Waals surface area contributed by atoms with Gasteiger partial charge in [0.15, 0.2) is 0 Å². The number of hydrogen-bond acceptors (Lipinski definition) is 2. The molecule has 2 heteroatoms. The Morgan fingerprint density at radius 3 is 2.36 bits per heavy atom. The molecule has 2 rings (SSSR count). The molecule has 0 spiro atoms. The van der Waals surface area contributed by atoms with Crippen molar-refractivity contribution in [2.24, 2.45) is 5.92 Å². The van der Waals surface area contributed by atoms with E-state index in [0.29, 0.717) is 0 Å². The highest BCUT2D eigenvalue weighted by atomic mass is 15.2. The Labute approximate surface area is 88.3 Å². The third kappa shape index (κ3) is 2.29. The highest BCUT2D eigenvalue weighted by molar-refractivity contribution is 4.87. The molecule has 82 valence electrons. The van der Waals surface area contributed by atoms with Crippen LogP contribution in [0.4, 0.5) is 0 Å². The average Bonchev–Trinajstić information content (AvgIpc) is 2.13. The van der Waals surface area contributed by atoms with Gasteiger partial charge in [-0.3, -0.25) is 4.90 Å². The highest BCUT2D eigenvalue weighted by Gasteiger charge is 2.32. The van der Waals surface area contributed by atoms with Gasteiger partial charge >= 0.3 is 0 Å². The fraction of sp³-hybridized carbons (Fsp3) is 1.00. The summed E-state index contributed by atoms with van der Waals surface area (Å²) < 4.78 is 0. The van der Waals surface area contributed by atoms with E-state index in [1.165, 1.54) is 51.9 Å². The van der Waals surface area contributed by atoms with E-state index in [-0.39, 0.29) is 0 Å². The summed E-state index contributed by atoms with van der Waals surface area (Å²) >= 11 is 0. The zero-order chi connectivity index (χ0) is 9.97. The summed E-state index contributed by atoms with van der Waals surface area (Å²) in [6.07, 6.45) is 5.61. The van der Waals surface area contributed by atoms with Crippen molar-refractivity contribution in [1.82, 2.24) is 9.80 Å². The van der Waals surface area contributed by atoms with Crippen molar-refractivity contribution in [3.8, 4) is 0 Å². The number of likely N-dealkylation sites (tertiary alicyclic amines) is 2. The quantitative estimate of drug-likeness (QED) is 0.679. The maximum atomic E-state index is 2.72. The van der Waals surface area contributed by atoms with Gasteiger partial charge in [0.25, 0.3) is 0 Å². The largest absolute Gasteiger partial charge is 0.306 e. The van der Waals surface area contributed by atoms with E-state index in [9.17, 15) is 0 Å². The molecule has 0 radical (unpaired) electrons. The summed E-state index contributed by atoms with van der Waals surface area (Å²) in [6.45, 7) is 7.70. The molecular formula is C12H24N2.